The van der Waals surface area contributed by atoms with Crippen molar-refractivity contribution in [2.45, 2.75) is 25.7 Å². The zero-order chi connectivity index (χ0) is 10.3. The van der Waals surface area contributed by atoms with Gasteiger partial charge in [-0.1, -0.05) is 37.3 Å². The quantitative estimate of drug-likeness (QED) is 0.736. The van der Waals surface area contributed by atoms with E-state index in [9.17, 15) is 0 Å². The van der Waals surface area contributed by atoms with Crippen LogP contribution < -0.4 is 5.32 Å². The highest BCUT2D eigenvalue weighted by molar-refractivity contribution is 5.22. The van der Waals surface area contributed by atoms with Crippen molar-refractivity contribution in [1.82, 2.24) is 5.32 Å². The van der Waals surface area contributed by atoms with Gasteiger partial charge >= 0.3 is 0 Å². The molecule has 1 N–H and O–H groups in total. The van der Waals surface area contributed by atoms with Crippen LogP contribution in [0.15, 0.2) is 30.3 Å². The average Bonchev–Trinajstić information content (AvgIpc) is 2.74. The number of rotatable bonds is 1. The van der Waals surface area contributed by atoms with Gasteiger partial charge in [-0.25, -0.2) is 0 Å². The Morgan fingerprint density at radius 1 is 1.27 bits per heavy atom. The van der Waals surface area contributed by atoms with Gasteiger partial charge in [-0.05, 0) is 42.2 Å². The van der Waals surface area contributed by atoms with Crippen molar-refractivity contribution in [3.05, 3.63) is 35.9 Å². The van der Waals surface area contributed by atoms with Gasteiger partial charge in [0, 0.05) is 6.54 Å². The van der Waals surface area contributed by atoms with Gasteiger partial charge in [0.05, 0.1) is 0 Å². The average molecular weight is 201 g/mol. The van der Waals surface area contributed by atoms with E-state index in [1.54, 1.807) is 5.56 Å². The molecule has 1 heteroatoms. The van der Waals surface area contributed by atoms with Gasteiger partial charge in [0.2, 0.25) is 0 Å². The van der Waals surface area contributed by atoms with Crippen LogP contribution in [0.4, 0.5) is 0 Å². The largest absolute Gasteiger partial charge is 0.316 e. The highest BCUT2D eigenvalue weighted by atomic mass is 14.9. The molecule has 1 aromatic rings. The smallest absolute Gasteiger partial charge is 0.000864 e. The summed E-state index contributed by atoms with van der Waals surface area (Å²) in [5.41, 5.74) is 2.12. The van der Waals surface area contributed by atoms with Crippen molar-refractivity contribution in [2.75, 3.05) is 13.1 Å². The molecular formula is C14H19N. The first-order valence-corrected chi connectivity index (χ1v) is 6.04. The van der Waals surface area contributed by atoms with E-state index < -0.39 is 0 Å². The van der Waals surface area contributed by atoms with Gasteiger partial charge < -0.3 is 5.32 Å². The predicted octanol–water partition coefficient (Wildman–Crippen LogP) is 2.79. The fourth-order valence-electron chi connectivity index (χ4n) is 3.50. The molecular weight excluding hydrogens is 182 g/mol. The minimum atomic E-state index is 0.570. The highest BCUT2D eigenvalue weighted by Crippen LogP contribution is 2.51. The first kappa shape index (κ1) is 9.41. The van der Waals surface area contributed by atoms with E-state index in [1.807, 2.05) is 0 Å². The topological polar surface area (TPSA) is 12.0 Å². The molecule has 0 spiro atoms. The summed E-state index contributed by atoms with van der Waals surface area (Å²) in [4.78, 5) is 0. The molecule has 1 nitrogen and oxygen atoms in total. The van der Waals surface area contributed by atoms with Gasteiger partial charge in [-0.2, -0.15) is 0 Å². The molecule has 1 aliphatic carbocycles. The molecule has 15 heavy (non-hydrogen) atoms. The molecule has 2 fully saturated rings. The van der Waals surface area contributed by atoms with Crippen LogP contribution >= 0.6 is 0 Å². The van der Waals surface area contributed by atoms with Crippen molar-refractivity contribution in [2.24, 2.45) is 11.3 Å². The highest BCUT2D eigenvalue weighted by Gasteiger charge is 2.46. The van der Waals surface area contributed by atoms with Crippen molar-refractivity contribution in [3.8, 4) is 0 Å². The molecule has 0 radical (unpaired) electrons. The molecule has 3 atom stereocenters. The lowest BCUT2D eigenvalue weighted by atomic mass is 9.83. The van der Waals surface area contributed by atoms with E-state index in [0.717, 1.165) is 11.8 Å². The maximum absolute atomic E-state index is 3.54. The molecule has 3 rings (SSSR count). The molecule has 0 amide bonds. The summed E-state index contributed by atoms with van der Waals surface area (Å²) >= 11 is 0. The Bertz CT molecular complexity index is 346. The third kappa shape index (κ3) is 1.50. The van der Waals surface area contributed by atoms with Crippen LogP contribution in [0.2, 0.25) is 0 Å². The summed E-state index contributed by atoms with van der Waals surface area (Å²) in [6.07, 6.45) is 2.75. The lowest BCUT2D eigenvalue weighted by Crippen LogP contribution is -2.21. The zero-order valence-corrected chi connectivity index (χ0v) is 9.37. The summed E-state index contributed by atoms with van der Waals surface area (Å²) < 4.78 is 0. The van der Waals surface area contributed by atoms with E-state index >= 15 is 0 Å². The minimum absolute atomic E-state index is 0.570. The maximum atomic E-state index is 3.54. The molecule has 80 valence electrons. The van der Waals surface area contributed by atoms with E-state index in [0.29, 0.717) is 5.41 Å². The third-order valence-electron chi connectivity index (χ3n) is 4.46. The summed E-state index contributed by atoms with van der Waals surface area (Å²) in [5.74, 6) is 1.71. The number of hydrogen-bond acceptors (Lipinski definition) is 1. The first-order valence-electron chi connectivity index (χ1n) is 6.04. The van der Waals surface area contributed by atoms with Crippen molar-refractivity contribution in [3.63, 3.8) is 0 Å². The Labute approximate surface area is 91.9 Å². The molecule has 1 saturated heterocycles. The molecule has 0 bridgehead atoms. The minimum Gasteiger partial charge on any atom is -0.316 e. The van der Waals surface area contributed by atoms with Crippen LogP contribution in [-0.2, 0) is 0 Å². The van der Waals surface area contributed by atoms with E-state index in [4.69, 9.17) is 0 Å². The Morgan fingerprint density at radius 2 is 2.07 bits per heavy atom. The van der Waals surface area contributed by atoms with Crippen LogP contribution in [0.3, 0.4) is 0 Å². The number of fused-ring (bicyclic) bond motifs is 1. The lowest BCUT2D eigenvalue weighted by molar-refractivity contribution is 0.305. The summed E-state index contributed by atoms with van der Waals surface area (Å²) in [6, 6.07) is 11.0. The third-order valence-corrected chi connectivity index (χ3v) is 4.46. The van der Waals surface area contributed by atoms with Crippen molar-refractivity contribution in [1.29, 1.82) is 0 Å². The SMILES string of the molecule is CC12CNCC1CC(c1ccccc1)C2. The second-order valence-corrected chi connectivity index (χ2v) is 5.53. The maximum Gasteiger partial charge on any atom is 0.000864 e. The van der Waals surface area contributed by atoms with Gasteiger partial charge in [0.1, 0.15) is 0 Å². The standard InChI is InChI=1S/C14H19N/c1-14-8-12(7-13(14)9-15-10-14)11-5-3-2-4-6-11/h2-6,12-13,15H,7-10H2,1H3. The fraction of sp³-hybridized carbons (Fsp3) is 0.571. The fourth-order valence-corrected chi connectivity index (χ4v) is 3.50. The molecule has 2 aliphatic rings. The Hall–Kier alpha value is -0.820. The summed E-state index contributed by atoms with van der Waals surface area (Å²) in [5, 5.41) is 3.54. The summed E-state index contributed by atoms with van der Waals surface area (Å²) in [6.45, 7) is 4.92. The van der Waals surface area contributed by atoms with Crippen LogP contribution in [0.5, 0.6) is 0 Å². The van der Waals surface area contributed by atoms with E-state index in [-0.39, 0.29) is 0 Å². The van der Waals surface area contributed by atoms with Gasteiger partial charge in [0.15, 0.2) is 0 Å². The second kappa shape index (κ2) is 3.34. The molecule has 3 unspecified atom stereocenters. The molecule has 1 heterocycles. The number of nitrogens with one attached hydrogen (secondary N) is 1. The van der Waals surface area contributed by atoms with Crippen LogP contribution in [-0.4, -0.2) is 13.1 Å². The van der Waals surface area contributed by atoms with Gasteiger partial charge in [-0.3, -0.25) is 0 Å². The Kier molecular flexibility index (Phi) is 2.10. The number of hydrogen-bond donors (Lipinski definition) is 1. The number of benzene rings is 1. The van der Waals surface area contributed by atoms with Crippen LogP contribution in [0, 0.1) is 11.3 Å². The molecule has 1 aromatic carbocycles. The van der Waals surface area contributed by atoms with Crippen molar-refractivity contribution < 1.29 is 0 Å². The first-order chi connectivity index (χ1) is 7.28. The van der Waals surface area contributed by atoms with Crippen LogP contribution in [0.25, 0.3) is 0 Å². The Morgan fingerprint density at radius 3 is 2.80 bits per heavy atom. The summed E-state index contributed by atoms with van der Waals surface area (Å²) in [7, 11) is 0. The van der Waals surface area contributed by atoms with Crippen molar-refractivity contribution >= 4 is 0 Å². The Balaban J connectivity index is 1.82. The van der Waals surface area contributed by atoms with Gasteiger partial charge in [0.25, 0.3) is 0 Å². The molecule has 1 aliphatic heterocycles. The molecule has 1 saturated carbocycles. The normalized spacial score (nSPS) is 39.3. The van der Waals surface area contributed by atoms with Crippen LogP contribution in [0.1, 0.15) is 31.2 Å². The van der Waals surface area contributed by atoms with E-state index in [2.05, 4.69) is 42.6 Å². The predicted molar refractivity (Wildman–Crippen MR) is 62.9 cm³/mol. The molecule has 0 aromatic heterocycles. The monoisotopic (exact) mass is 201 g/mol. The van der Waals surface area contributed by atoms with Gasteiger partial charge in [-0.15, -0.1) is 0 Å². The second-order valence-electron chi connectivity index (χ2n) is 5.53. The zero-order valence-electron chi connectivity index (χ0n) is 9.37. The van der Waals surface area contributed by atoms with E-state index in [1.165, 1.54) is 25.9 Å². The lowest BCUT2D eigenvalue weighted by Gasteiger charge is -2.22.